The van der Waals surface area contributed by atoms with Crippen molar-refractivity contribution in [1.82, 2.24) is 31.4 Å². The van der Waals surface area contributed by atoms with Gasteiger partial charge in [-0.15, -0.1) is 0 Å². The molecule has 4 rings (SSSR count). The van der Waals surface area contributed by atoms with Gasteiger partial charge in [0.2, 0.25) is 17.7 Å². The summed E-state index contributed by atoms with van der Waals surface area (Å²) in [6.07, 6.45) is 3.27. The third-order valence-corrected chi connectivity index (χ3v) is 6.87. The standard InChI is InChI=1S/C24H30FN7O4/c1-3-13(2)20(29-19(33)10-25)23(35)28-17-8-7-14-5-4-6-15-9-18(32(21(14)15)24(17)36)22(34)26-11-16-12-27-31-30-16/h4-6,12-13,17-18,20H,3,7-11H2,1-2H3,(H,26,34)(H,28,35)(H,29,33)(H,27,30,31)/t13-,17-,18-,20-/m0/s1. The van der Waals surface area contributed by atoms with E-state index in [1.165, 1.54) is 11.1 Å². The van der Waals surface area contributed by atoms with Crippen LogP contribution in [0.15, 0.2) is 24.4 Å². The number of para-hydroxylation sites is 1. The van der Waals surface area contributed by atoms with E-state index >= 15 is 0 Å². The average molecular weight is 500 g/mol. The van der Waals surface area contributed by atoms with E-state index in [-0.39, 0.29) is 18.4 Å². The second kappa shape index (κ2) is 10.8. The van der Waals surface area contributed by atoms with Gasteiger partial charge >= 0.3 is 0 Å². The molecule has 4 N–H and O–H groups in total. The summed E-state index contributed by atoms with van der Waals surface area (Å²) in [6, 6.07) is 3.05. The molecule has 192 valence electrons. The van der Waals surface area contributed by atoms with E-state index < -0.39 is 42.5 Å². The molecule has 0 saturated carbocycles. The van der Waals surface area contributed by atoms with Gasteiger partial charge in [0.05, 0.1) is 18.4 Å². The molecule has 0 radical (unpaired) electrons. The summed E-state index contributed by atoms with van der Waals surface area (Å²) in [4.78, 5) is 53.2. The number of rotatable bonds is 9. The van der Waals surface area contributed by atoms with Crippen molar-refractivity contribution in [3.05, 3.63) is 41.2 Å². The topological polar surface area (TPSA) is 149 Å². The molecule has 0 spiro atoms. The Morgan fingerprint density at radius 3 is 2.75 bits per heavy atom. The number of benzene rings is 1. The van der Waals surface area contributed by atoms with Crippen LogP contribution in [0.3, 0.4) is 0 Å². The SMILES string of the molecule is CC[C@H](C)[C@H](NC(=O)CF)C(=O)N[C@H]1CCc2cccc3c2N(C1=O)[C@H](C(=O)NCc1cn[nH]n1)C3. The van der Waals surface area contributed by atoms with Gasteiger partial charge in [-0.05, 0) is 29.9 Å². The van der Waals surface area contributed by atoms with Gasteiger partial charge < -0.3 is 16.0 Å². The minimum Gasteiger partial charge on any atom is -0.348 e. The third-order valence-electron chi connectivity index (χ3n) is 6.87. The molecule has 0 fully saturated rings. The molecular formula is C24H30FN7O4. The zero-order chi connectivity index (χ0) is 25.8. The Bertz CT molecular complexity index is 1140. The fraction of sp³-hybridized carbons (Fsp3) is 0.500. The third kappa shape index (κ3) is 5.07. The normalized spacial score (nSPS) is 20.2. The van der Waals surface area contributed by atoms with E-state index in [1.807, 2.05) is 25.1 Å². The number of aromatic amines is 1. The van der Waals surface area contributed by atoms with Crippen molar-refractivity contribution in [1.29, 1.82) is 0 Å². The summed E-state index contributed by atoms with van der Waals surface area (Å²) in [7, 11) is 0. The van der Waals surface area contributed by atoms with Crippen LogP contribution in [0.1, 0.15) is 43.5 Å². The second-order valence-corrected chi connectivity index (χ2v) is 9.20. The summed E-state index contributed by atoms with van der Waals surface area (Å²) in [6.45, 7) is 2.55. The number of H-pyrrole nitrogens is 1. The first-order chi connectivity index (χ1) is 17.3. The molecule has 4 atom stereocenters. The maximum Gasteiger partial charge on any atom is 0.252 e. The van der Waals surface area contributed by atoms with Crippen molar-refractivity contribution in [3.63, 3.8) is 0 Å². The Hall–Kier alpha value is -3.83. The summed E-state index contributed by atoms with van der Waals surface area (Å²) >= 11 is 0. The molecular weight excluding hydrogens is 469 g/mol. The van der Waals surface area contributed by atoms with Crippen LogP contribution in [0, 0.1) is 5.92 Å². The molecule has 0 saturated heterocycles. The van der Waals surface area contributed by atoms with Crippen LogP contribution in [0.4, 0.5) is 10.1 Å². The lowest BCUT2D eigenvalue weighted by molar-refractivity contribution is -0.133. The van der Waals surface area contributed by atoms with Crippen LogP contribution in [-0.4, -0.2) is 63.8 Å². The number of alkyl halides is 1. The van der Waals surface area contributed by atoms with Crippen molar-refractivity contribution < 1.29 is 23.6 Å². The van der Waals surface area contributed by atoms with Gasteiger partial charge in [-0.25, -0.2) is 4.39 Å². The van der Waals surface area contributed by atoms with Crippen molar-refractivity contribution >= 4 is 29.3 Å². The number of anilines is 1. The van der Waals surface area contributed by atoms with Gasteiger partial charge in [-0.2, -0.15) is 15.4 Å². The van der Waals surface area contributed by atoms with Crippen molar-refractivity contribution in [3.8, 4) is 0 Å². The number of carbonyl (C=O) groups excluding carboxylic acids is 4. The number of aryl methyl sites for hydroxylation is 1. The lowest BCUT2D eigenvalue weighted by Crippen LogP contribution is -2.58. The Labute approximate surface area is 207 Å². The summed E-state index contributed by atoms with van der Waals surface area (Å²) in [5.74, 6) is -2.45. The average Bonchev–Trinajstić information content (AvgIpc) is 3.52. The predicted molar refractivity (Wildman–Crippen MR) is 127 cm³/mol. The van der Waals surface area contributed by atoms with E-state index in [0.717, 1.165) is 11.1 Å². The highest BCUT2D eigenvalue weighted by Crippen LogP contribution is 2.39. The van der Waals surface area contributed by atoms with Crippen LogP contribution in [0.25, 0.3) is 0 Å². The molecule has 12 heteroatoms. The highest BCUT2D eigenvalue weighted by molar-refractivity contribution is 6.08. The zero-order valence-electron chi connectivity index (χ0n) is 20.2. The first-order valence-corrected chi connectivity index (χ1v) is 12.1. The molecule has 0 bridgehead atoms. The lowest BCUT2D eigenvalue weighted by Gasteiger charge is -2.29. The summed E-state index contributed by atoms with van der Waals surface area (Å²) in [5.41, 5.74) is 3.08. The highest BCUT2D eigenvalue weighted by atomic mass is 19.1. The van der Waals surface area contributed by atoms with Crippen molar-refractivity contribution in [2.75, 3.05) is 11.6 Å². The van der Waals surface area contributed by atoms with Gasteiger partial charge in [0.1, 0.15) is 23.8 Å². The van der Waals surface area contributed by atoms with Gasteiger partial charge in [0, 0.05) is 6.42 Å². The zero-order valence-corrected chi connectivity index (χ0v) is 20.2. The quantitative estimate of drug-likeness (QED) is 0.390. The fourth-order valence-electron chi connectivity index (χ4n) is 4.76. The number of nitrogens with zero attached hydrogens (tertiary/aromatic N) is 3. The van der Waals surface area contributed by atoms with E-state index in [9.17, 15) is 23.6 Å². The van der Waals surface area contributed by atoms with Crippen molar-refractivity contribution in [2.24, 2.45) is 5.92 Å². The van der Waals surface area contributed by atoms with Crippen LogP contribution in [0.2, 0.25) is 0 Å². The second-order valence-electron chi connectivity index (χ2n) is 9.20. The van der Waals surface area contributed by atoms with Crippen LogP contribution >= 0.6 is 0 Å². The number of carbonyl (C=O) groups is 4. The molecule has 4 amide bonds. The molecule has 11 nitrogen and oxygen atoms in total. The maximum absolute atomic E-state index is 13.8. The van der Waals surface area contributed by atoms with Gasteiger partial charge in [0.25, 0.3) is 5.91 Å². The largest absolute Gasteiger partial charge is 0.348 e. The molecule has 2 aliphatic heterocycles. The van der Waals surface area contributed by atoms with Gasteiger partial charge in [-0.1, -0.05) is 38.5 Å². The van der Waals surface area contributed by atoms with Gasteiger partial charge in [-0.3, -0.25) is 24.1 Å². The summed E-state index contributed by atoms with van der Waals surface area (Å²) in [5, 5.41) is 18.1. The molecule has 2 aromatic rings. The summed E-state index contributed by atoms with van der Waals surface area (Å²) < 4.78 is 12.8. The number of aromatic nitrogens is 3. The molecule has 2 aliphatic rings. The monoisotopic (exact) mass is 499 g/mol. The molecule has 1 aromatic carbocycles. The molecule has 0 unspecified atom stereocenters. The van der Waals surface area contributed by atoms with E-state index in [4.69, 9.17) is 0 Å². The highest BCUT2D eigenvalue weighted by Gasteiger charge is 2.44. The number of nitrogens with one attached hydrogen (secondary N) is 4. The predicted octanol–water partition coefficient (Wildman–Crippen LogP) is 0.310. The minimum atomic E-state index is -1.24. The maximum atomic E-state index is 13.8. The first-order valence-electron chi connectivity index (χ1n) is 12.1. The lowest BCUT2D eigenvalue weighted by atomic mass is 9.97. The Morgan fingerprint density at radius 1 is 1.28 bits per heavy atom. The van der Waals surface area contributed by atoms with E-state index in [0.29, 0.717) is 37.1 Å². The first kappa shape index (κ1) is 25.3. The van der Waals surface area contributed by atoms with Crippen molar-refractivity contribution in [2.45, 2.75) is 64.2 Å². The Kier molecular flexibility index (Phi) is 7.61. The van der Waals surface area contributed by atoms with Crippen LogP contribution < -0.4 is 20.9 Å². The molecule has 3 heterocycles. The molecule has 36 heavy (non-hydrogen) atoms. The number of hydrogen-bond donors (Lipinski definition) is 4. The number of halogens is 1. The van der Waals surface area contributed by atoms with Crippen LogP contribution in [0.5, 0.6) is 0 Å². The molecule has 0 aliphatic carbocycles. The Balaban J connectivity index is 1.55. The van der Waals surface area contributed by atoms with E-state index in [2.05, 4.69) is 31.4 Å². The smallest absolute Gasteiger partial charge is 0.252 e. The fourth-order valence-corrected chi connectivity index (χ4v) is 4.76. The minimum absolute atomic E-state index is 0.155. The Morgan fingerprint density at radius 2 is 2.06 bits per heavy atom. The van der Waals surface area contributed by atoms with E-state index in [1.54, 1.807) is 6.92 Å². The number of hydrogen-bond acceptors (Lipinski definition) is 6. The van der Waals surface area contributed by atoms with Crippen LogP contribution in [-0.2, 0) is 38.6 Å². The molecule has 1 aromatic heterocycles. The van der Waals surface area contributed by atoms with Gasteiger partial charge in [0.15, 0.2) is 6.67 Å². The number of amides is 4.